The number of piperidine rings is 1. The highest BCUT2D eigenvalue weighted by molar-refractivity contribution is 5.75. The number of carbonyl (C=O) groups excluding carboxylic acids is 1. The van der Waals surface area contributed by atoms with E-state index in [1.54, 1.807) is 7.05 Å². The number of nitrogens with one attached hydrogen (secondary N) is 1. The summed E-state index contributed by atoms with van der Waals surface area (Å²) in [7, 11) is 1.63. The lowest BCUT2D eigenvalue weighted by atomic mass is 9.95. The smallest absolute Gasteiger partial charge is 0.303 e. The quantitative estimate of drug-likeness (QED) is 0.710. The number of likely N-dealkylation sites (tertiary alicyclic amines) is 1. The molecule has 0 radical (unpaired) electrons. The zero-order valence-electron chi connectivity index (χ0n) is 9.74. The fourth-order valence-corrected chi connectivity index (χ4v) is 2.15. The summed E-state index contributed by atoms with van der Waals surface area (Å²) in [5.74, 6) is -0.436. The van der Waals surface area contributed by atoms with Gasteiger partial charge in [0.05, 0.1) is 0 Å². The number of nitrogens with zero attached hydrogens (tertiary/aromatic N) is 1. The van der Waals surface area contributed by atoms with Gasteiger partial charge in [-0.2, -0.15) is 0 Å². The van der Waals surface area contributed by atoms with Gasteiger partial charge in [0.1, 0.15) is 0 Å². The van der Waals surface area contributed by atoms with Gasteiger partial charge in [0.2, 0.25) is 5.91 Å². The lowest BCUT2D eigenvalue weighted by Crippen LogP contribution is -2.38. The van der Waals surface area contributed by atoms with Crippen LogP contribution < -0.4 is 5.32 Å². The third kappa shape index (κ3) is 4.61. The van der Waals surface area contributed by atoms with Gasteiger partial charge >= 0.3 is 5.97 Å². The maximum absolute atomic E-state index is 11.1. The molecule has 0 saturated carbocycles. The van der Waals surface area contributed by atoms with Gasteiger partial charge in [-0.1, -0.05) is 0 Å². The Morgan fingerprint density at radius 2 is 2.25 bits per heavy atom. The van der Waals surface area contributed by atoms with E-state index in [2.05, 4.69) is 10.2 Å². The molecule has 0 spiro atoms. The Morgan fingerprint density at radius 1 is 1.50 bits per heavy atom. The summed E-state index contributed by atoms with van der Waals surface area (Å²) < 4.78 is 0. The molecule has 5 heteroatoms. The van der Waals surface area contributed by atoms with Gasteiger partial charge in [0, 0.05) is 33.0 Å². The van der Waals surface area contributed by atoms with Crippen molar-refractivity contribution in [3.63, 3.8) is 0 Å². The molecule has 1 rings (SSSR count). The molecule has 2 N–H and O–H groups in total. The Morgan fingerprint density at radius 3 is 2.88 bits per heavy atom. The Bertz CT molecular complexity index is 256. The fraction of sp³-hybridized carbons (Fsp3) is 0.818. The number of hydrogen-bond acceptors (Lipinski definition) is 3. The first-order valence-corrected chi connectivity index (χ1v) is 5.76. The molecule has 1 amide bonds. The van der Waals surface area contributed by atoms with Gasteiger partial charge in [-0.05, 0) is 25.3 Å². The molecule has 0 bridgehead atoms. The Kier molecular flexibility index (Phi) is 5.25. The minimum Gasteiger partial charge on any atom is -0.481 e. The summed E-state index contributed by atoms with van der Waals surface area (Å²) in [6.45, 7) is 2.52. The number of carboxylic acid groups (broad SMARTS) is 1. The number of amides is 1. The highest BCUT2D eigenvalue weighted by Gasteiger charge is 2.21. The maximum atomic E-state index is 11.1. The van der Waals surface area contributed by atoms with Crippen LogP contribution in [0.1, 0.15) is 25.7 Å². The van der Waals surface area contributed by atoms with Crippen LogP contribution in [0.5, 0.6) is 0 Å². The second-order valence-electron chi connectivity index (χ2n) is 4.33. The summed E-state index contributed by atoms with van der Waals surface area (Å²) >= 11 is 0. The summed E-state index contributed by atoms with van der Waals surface area (Å²) in [6, 6.07) is 0. The summed E-state index contributed by atoms with van der Waals surface area (Å²) in [5.41, 5.74) is 0. The van der Waals surface area contributed by atoms with E-state index >= 15 is 0 Å². The number of hydrogen-bond donors (Lipinski definition) is 2. The van der Waals surface area contributed by atoms with E-state index in [0.29, 0.717) is 6.42 Å². The molecular weight excluding hydrogens is 208 g/mol. The minimum absolute atomic E-state index is 0.0420. The molecule has 5 nitrogen and oxygen atoms in total. The van der Waals surface area contributed by atoms with E-state index in [4.69, 9.17) is 5.11 Å². The van der Waals surface area contributed by atoms with E-state index in [-0.39, 0.29) is 18.2 Å². The van der Waals surface area contributed by atoms with E-state index in [0.717, 1.165) is 32.5 Å². The van der Waals surface area contributed by atoms with Crippen molar-refractivity contribution < 1.29 is 14.7 Å². The van der Waals surface area contributed by atoms with Crippen LogP contribution in [0.4, 0.5) is 0 Å². The van der Waals surface area contributed by atoms with E-state index in [1.165, 1.54) is 0 Å². The van der Waals surface area contributed by atoms with Crippen molar-refractivity contribution in [2.75, 3.05) is 26.7 Å². The van der Waals surface area contributed by atoms with Crippen LogP contribution >= 0.6 is 0 Å². The number of carbonyl (C=O) groups is 2. The fourth-order valence-electron chi connectivity index (χ4n) is 2.15. The van der Waals surface area contributed by atoms with Gasteiger partial charge in [0.25, 0.3) is 0 Å². The van der Waals surface area contributed by atoms with Crippen molar-refractivity contribution in [3.05, 3.63) is 0 Å². The van der Waals surface area contributed by atoms with Gasteiger partial charge < -0.3 is 15.3 Å². The first-order valence-electron chi connectivity index (χ1n) is 5.76. The second kappa shape index (κ2) is 6.48. The van der Waals surface area contributed by atoms with E-state index < -0.39 is 5.97 Å². The summed E-state index contributed by atoms with van der Waals surface area (Å²) in [4.78, 5) is 23.9. The lowest BCUT2D eigenvalue weighted by Gasteiger charge is -2.31. The SMILES string of the molecule is CNC(=O)CCN1CCCC(CC(=O)O)C1. The van der Waals surface area contributed by atoms with Crippen molar-refractivity contribution in [2.45, 2.75) is 25.7 Å². The Hall–Kier alpha value is -1.10. The van der Waals surface area contributed by atoms with Crippen LogP contribution in [0.25, 0.3) is 0 Å². The maximum Gasteiger partial charge on any atom is 0.303 e. The van der Waals surface area contributed by atoms with Gasteiger partial charge in [-0.25, -0.2) is 0 Å². The first-order chi connectivity index (χ1) is 7.61. The number of carboxylic acids is 1. The van der Waals surface area contributed by atoms with Gasteiger partial charge in [-0.15, -0.1) is 0 Å². The summed E-state index contributed by atoms with van der Waals surface area (Å²) in [6.07, 6.45) is 2.77. The minimum atomic E-state index is -0.724. The molecular formula is C11H20N2O3. The molecule has 0 aromatic heterocycles. The number of aliphatic carboxylic acids is 1. The molecule has 1 heterocycles. The summed E-state index contributed by atoms with van der Waals surface area (Å²) in [5, 5.41) is 11.3. The number of rotatable bonds is 5. The first kappa shape index (κ1) is 13.0. The van der Waals surface area contributed by atoms with Crippen LogP contribution in [0.2, 0.25) is 0 Å². The lowest BCUT2D eigenvalue weighted by molar-refractivity contribution is -0.138. The zero-order chi connectivity index (χ0) is 12.0. The molecule has 1 fully saturated rings. The average Bonchev–Trinajstić information content (AvgIpc) is 2.25. The van der Waals surface area contributed by atoms with Crippen LogP contribution in [-0.4, -0.2) is 48.6 Å². The topological polar surface area (TPSA) is 69.6 Å². The van der Waals surface area contributed by atoms with Crippen LogP contribution in [0.15, 0.2) is 0 Å². The molecule has 1 aliphatic rings. The largest absolute Gasteiger partial charge is 0.481 e. The Labute approximate surface area is 95.8 Å². The highest BCUT2D eigenvalue weighted by Crippen LogP contribution is 2.19. The molecule has 1 saturated heterocycles. The van der Waals surface area contributed by atoms with Crippen molar-refractivity contribution in [2.24, 2.45) is 5.92 Å². The molecule has 1 atom stereocenters. The molecule has 92 valence electrons. The van der Waals surface area contributed by atoms with Crippen molar-refractivity contribution in [3.8, 4) is 0 Å². The van der Waals surface area contributed by atoms with Crippen molar-refractivity contribution >= 4 is 11.9 Å². The predicted octanol–water partition coefficient (Wildman–Crippen LogP) is 0.309. The highest BCUT2D eigenvalue weighted by atomic mass is 16.4. The second-order valence-corrected chi connectivity index (χ2v) is 4.33. The Balaban J connectivity index is 2.27. The molecule has 1 aliphatic heterocycles. The monoisotopic (exact) mass is 228 g/mol. The predicted molar refractivity (Wildman–Crippen MR) is 60.1 cm³/mol. The standard InChI is InChI=1S/C11H20N2O3/c1-12-10(14)4-6-13-5-2-3-9(8-13)7-11(15)16/h9H,2-8H2,1H3,(H,12,14)(H,15,16). The van der Waals surface area contributed by atoms with E-state index in [1.807, 2.05) is 0 Å². The molecule has 0 aromatic carbocycles. The van der Waals surface area contributed by atoms with E-state index in [9.17, 15) is 9.59 Å². The van der Waals surface area contributed by atoms with Gasteiger partial charge in [-0.3, -0.25) is 9.59 Å². The zero-order valence-corrected chi connectivity index (χ0v) is 9.74. The third-order valence-electron chi connectivity index (χ3n) is 3.00. The van der Waals surface area contributed by atoms with Crippen molar-refractivity contribution in [1.82, 2.24) is 10.2 Å². The molecule has 16 heavy (non-hydrogen) atoms. The normalized spacial score (nSPS) is 21.7. The van der Waals surface area contributed by atoms with Crippen LogP contribution in [0, 0.1) is 5.92 Å². The molecule has 0 aromatic rings. The third-order valence-corrected chi connectivity index (χ3v) is 3.00. The van der Waals surface area contributed by atoms with Crippen LogP contribution in [-0.2, 0) is 9.59 Å². The van der Waals surface area contributed by atoms with Crippen LogP contribution in [0.3, 0.4) is 0 Å². The molecule has 1 unspecified atom stereocenters. The molecule has 0 aliphatic carbocycles. The van der Waals surface area contributed by atoms with Gasteiger partial charge in [0.15, 0.2) is 0 Å². The average molecular weight is 228 g/mol. The van der Waals surface area contributed by atoms with Crippen molar-refractivity contribution in [1.29, 1.82) is 0 Å².